The first kappa shape index (κ1) is 33.3. The van der Waals surface area contributed by atoms with Crippen LogP contribution in [0, 0.1) is 0 Å². The molecule has 276 valence electrons. The lowest BCUT2D eigenvalue weighted by Crippen LogP contribution is -2.11. The van der Waals surface area contributed by atoms with Crippen LogP contribution in [-0.4, -0.2) is 0 Å². The molecule has 12 rings (SSSR count). The van der Waals surface area contributed by atoms with Gasteiger partial charge >= 0.3 is 0 Å². The zero-order valence-electron chi connectivity index (χ0n) is 32.0. The van der Waals surface area contributed by atoms with Crippen molar-refractivity contribution in [1.29, 1.82) is 0 Å². The SMILES string of the molecule is c1cc(-c2ccc(N(c3ccccc3-c3cccc4c3oc3ccccc34)c3cccc4oc5c6ccccc6ccc5c34)cc2)cc(-c2cccc3ccccc23)c1. The Morgan fingerprint density at radius 1 is 0.305 bits per heavy atom. The van der Waals surface area contributed by atoms with Crippen molar-refractivity contribution in [2.45, 2.75) is 0 Å². The number of furan rings is 2. The van der Waals surface area contributed by atoms with Gasteiger partial charge in [-0.2, -0.15) is 0 Å². The molecule has 0 unspecified atom stereocenters. The fourth-order valence-corrected chi connectivity index (χ4v) is 9.13. The van der Waals surface area contributed by atoms with E-state index in [0.717, 1.165) is 88.4 Å². The summed E-state index contributed by atoms with van der Waals surface area (Å²) in [5, 5.41) is 9.11. The molecule has 0 amide bonds. The second-order valence-electron chi connectivity index (χ2n) is 15.2. The number of anilines is 3. The van der Waals surface area contributed by atoms with Crippen LogP contribution in [0.25, 0.3) is 98.8 Å². The van der Waals surface area contributed by atoms with E-state index in [2.05, 4.69) is 205 Å². The van der Waals surface area contributed by atoms with Gasteiger partial charge in [-0.25, -0.2) is 0 Å². The second-order valence-corrected chi connectivity index (χ2v) is 15.2. The van der Waals surface area contributed by atoms with Crippen LogP contribution >= 0.6 is 0 Å². The van der Waals surface area contributed by atoms with Crippen molar-refractivity contribution in [3.05, 3.63) is 212 Å². The molecule has 0 fully saturated rings. The molecule has 0 aliphatic heterocycles. The lowest BCUT2D eigenvalue weighted by Gasteiger charge is -2.28. The Kier molecular flexibility index (Phi) is 7.54. The van der Waals surface area contributed by atoms with Crippen LogP contribution in [0.15, 0.2) is 221 Å². The standard InChI is InChI=1S/C56H35NO2/c1-3-18-42-37(13-1)15-10-22-43(42)40-17-9-16-39(35-40)36-29-32-41(33-30-36)57(51-26-12-28-53-54(51)49-34-31-38-14-2-4-19-44(38)55(49)59-53)50-25-7-5-20-45(50)47-23-11-24-48-46-21-6-8-27-52(46)58-56(47)48/h1-35H. The summed E-state index contributed by atoms with van der Waals surface area (Å²) in [5.74, 6) is 0. The van der Waals surface area contributed by atoms with E-state index in [4.69, 9.17) is 8.83 Å². The largest absolute Gasteiger partial charge is 0.455 e. The van der Waals surface area contributed by atoms with E-state index >= 15 is 0 Å². The first-order chi connectivity index (χ1) is 29.3. The molecule has 0 bridgehead atoms. The topological polar surface area (TPSA) is 29.5 Å². The van der Waals surface area contributed by atoms with Crippen LogP contribution in [0.3, 0.4) is 0 Å². The fourth-order valence-electron chi connectivity index (χ4n) is 9.13. The summed E-state index contributed by atoms with van der Waals surface area (Å²) in [4.78, 5) is 2.39. The lowest BCUT2D eigenvalue weighted by atomic mass is 9.95. The third-order valence-corrected chi connectivity index (χ3v) is 11.9. The summed E-state index contributed by atoms with van der Waals surface area (Å²) in [6.07, 6.45) is 0. The molecule has 10 aromatic carbocycles. The van der Waals surface area contributed by atoms with Gasteiger partial charge in [0.15, 0.2) is 0 Å². The van der Waals surface area contributed by atoms with Gasteiger partial charge < -0.3 is 13.7 Å². The first-order valence-corrected chi connectivity index (χ1v) is 20.1. The van der Waals surface area contributed by atoms with Crippen molar-refractivity contribution in [3.63, 3.8) is 0 Å². The Morgan fingerprint density at radius 2 is 0.898 bits per heavy atom. The molecule has 2 aromatic heterocycles. The molecule has 0 saturated carbocycles. The molecule has 3 nitrogen and oxygen atoms in total. The van der Waals surface area contributed by atoms with Gasteiger partial charge in [0.25, 0.3) is 0 Å². The number of hydrogen-bond acceptors (Lipinski definition) is 3. The van der Waals surface area contributed by atoms with Crippen LogP contribution < -0.4 is 4.90 Å². The molecule has 59 heavy (non-hydrogen) atoms. The first-order valence-electron chi connectivity index (χ1n) is 20.1. The zero-order chi connectivity index (χ0) is 38.9. The summed E-state index contributed by atoms with van der Waals surface area (Å²) in [6, 6.07) is 75.7. The number of nitrogens with zero attached hydrogens (tertiary/aromatic N) is 1. The Bertz CT molecular complexity index is 3570. The van der Waals surface area contributed by atoms with Crippen LogP contribution in [0.2, 0.25) is 0 Å². The van der Waals surface area contributed by atoms with E-state index < -0.39 is 0 Å². The van der Waals surface area contributed by atoms with E-state index in [-0.39, 0.29) is 0 Å². The van der Waals surface area contributed by atoms with E-state index in [9.17, 15) is 0 Å². The number of rotatable bonds is 6. The van der Waals surface area contributed by atoms with Gasteiger partial charge in [0, 0.05) is 38.4 Å². The van der Waals surface area contributed by atoms with E-state index in [1.165, 1.54) is 27.5 Å². The van der Waals surface area contributed by atoms with Crippen molar-refractivity contribution < 1.29 is 8.83 Å². The molecule has 0 atom stereocenters. The highest BCUT2D eigenvalue weighted by Gasteiger charge is 2.24. The Hall–Kier alpha value is -7.88. The van der Waals surface area contributed by atoms with E-state index in [1.807, 2.05) is 12.1 Å². The van der Waals surface area contributed by atoms with E-state index in [0.29, 0.717) is 0 Å². The highest BCUT2D eigenvalue weighted by molar-refractivity contribution is 6.20. The number of para-hydroxylation sites is 3. The van der Waals surface area contributed by atoms with Gasteiger partial charge in [-0.05, 0) is 86.9 Å². The van der Waals surface area contributed by atoms with Gasteiger partial charge in [0.1, 0.15) is 22.3 Å². The van der Waals surface area contributed by atoms with Gasteiger partial charge in [0.2, 0.25) is 0 Å². The highest BCUT2D eigenvalue weighted by atomic mass is 16.3. The summed E-state index contributed by atoms with van der Waals surface area (Å²) in [6.45, 7) is 0. The molecule has 0 saturated heterocycles. The molecule has 0 aliphatic carbocycles. The minimum atomic E-state index is 0.845. The van der Waals surface area contributed by atoms with Gasteiger partial charge in [-0.3, -0.25) is 0 Å². The number of fused-ring (bicyclic) bond motifs is 9. The third-order valence-electron chi connectivity index (χ3n) is 11.9. The molecule has 2 heterocycles. The van der Waals surface area contributed by atoms with Gasteiger partial charge in [0.05, 0.1) is 16.8 Å². The van der Waals surface area contributed by atoms with Crippen molar-refractivity contribution in [3.8, 4) is 33.4 Å². The van der Waals surface area contributed by atoms with E-state index in [1.54, 1.807) is 0 Å². The molecule has 12 aromatic rings. The number of hydrogen-bond donors (Lipinski definition) is 0. The maximum Gasteiger partial charge on any atom is 0.143 e. The quantitative estimate of drug-likeness (QED) is 0.169. The minimum absolute atomic E-state index is 0.845. The maximum atomic E-state index is 6.74. The fraction of sp³-hybridized carbons (Fsp3) is 0. The minimum Gasteiger partial charge on any atom is -0.455 e. The van der Waals surface area contributed by atoms with Gasteiger partial charge in [-0.15, -0.1) is 0 Å². The molecular weight excluding hydrogens is 719 g/mol. The Labute approximate surface area is 340 Å². The average molecular weight is 754 g/mol. The predicted octanol–water partition coefficient (Wildman–Crippen LogP) is 16.3. The van der Waals surface area contributed by atoms with Crippen LogP contribution in [0.1, 0.15) is 0 Å². The summed E-state index contributed by atoms with van der Waals surface area (Å²) in [5.41, 5.74) is 13.5. The normalized spacial score (nSPS) is 11.7. The average Bonchev–Trinajstić information content (AvgIpc) is 3.89. The molecule has 3 heteroatoms. The summed E-state index contributed by atoms with van der Waals surface area (Å²) < 4.78 is 13.4. The van der Waals surface area contributed by atoms with Crippen molar-refractivity contribution in [1.82, 2.24) is 0 Å². The van der Waals surface area contributed by atoms with Gasteiger partial charge in [-0.1, -0.05) is 164 Å². The molecule has 0 aliphatic rings. The van der Waals surface area contributed by atoms with Crippen LogP contribution in [0.5, 0.6) is 0 Å². The molecule has 0 spiro atoms. The summed E-state index contributed by atoms with van der Waals surface area (Å²) in [7, 11) is 0. The van der Waals surface area contributed by atoms with Crippen molar-refractivity contribution in [2.75, 3.05) is 4.90 Å². The maximum absolute atomic E-state index is 6.74. The highest BCUT2D eigenvalue weighted by Crippen LogP contribution is 2.48. The van der Waals surface area contributed by atoms with Crippen LogP contribution in [0.4, 0.5) is 17.1 Å². The molecular formula is C56H35NO2. The zero-order valence-corrected chi connectivity index (χ0v) is 32.0. The Morgan fingerprint density at radius 3 is 1.80 bits per heavy atom. The Balaban J connectivity index is 1.06. The van der Waals surface area contributed by atoms with Crippen molar-refractivity contribution in [2.24, 2.45) is 0 Å². The van der Waals surface area contributed by atoms with Crippen LogP contribution in [-0.2, 0) is 0 Å². The monoisotopic (exact) mass is 753 g/mol. The number of benzene rings is 10. The second kappa shape index (κ2) is 13.4. The molecule has 0 radical (unpaired) electrons. The predicted molar refractivity (Wildman–Crippen MR) is 247 cm³/mol. The summed E-state index contributed by atoms with van der Waals surface area (Å²) >= 11 is 0. The lowest BCUT2D eigenvalue weighted by molar-refractivity contribution is 0.670. The van der Waals surface area contributed by atoms with Crippen molar-refractivity contribution >= 4 is 82.5 Å². The molecule has 0 N–H and O–H groups in total. The third kappa shape index (κ3) is 5.36. The smallest absolute Gasteiger partial charge is 0.143 e.